The van der Waals surface area contributed by atoms with Crippen molar-refractivity contribution in [2.24, 2.45) is 5.92 Å². The monoisotopic (exact) mass is 140 g/mol. The highest BCUT2D eigenvalue weighted by molar-refractivity contribution is 5.73. The van der Waals surface area contributed by atoms with Crippen LogP contribution in [-0.4, -0.2) is 11.1 Å². The lowest BCUT2D eigenvalue weighted by molar-refractivity contribution is -0.139. The van der Waals surface area contributed by atoms with Crippen molar-refractivity contribution < 1.29 is 9.90 Å². The highest BCUT2D eigenvalue weighted by Crippen LogP contribution is 2.10. The molecule has 0 spiro atoms. The number of rotatable bonds is 3. The molecule has 0 rings (SSSR count). The van der Waals surface area contributed by atoms with E-state index in [-0.39, 0.29) is 0 Å². The summed E-state index contributed by atoms with van der Waals surface area (Å²) in [4.78, 5) is 10.4. The van der Waals surface area contributed by atoms with Crippen LogP contribution in [0.1, 0.15) is 13.8 Å². The van der Waals surface area contributed by atoms with Gasteiger partial charge in [-0.2, -0.15) is 0 Å². The average molecular weight is 140 g/mol. The van der Waals surface area contributed by atoms with Crippen molar-refractivity contribution in [3.05, 3.63) is 24.3 Å². The first-order chi connectivity index (χ1) is 4.63. The van der Waals surface area contributed by atoms with E-state index in [1.165, 1.54) is 0 Å². The van der Waals surface area contributed by atoms with Gasteiger partial charge in [0.25, 0.3) is 0 Å². The van der Waals surface area contributed by atoms with Crippen LogP contribution in [-0.2, 0) is 4.79 Å². The van der Waals surface area contributed by atoms with Crippen molar-refractivity contribution in [1.82, 2.24) is 0 Å². The van der Waals surface area contributed by atoms with Gasteiger partial charge >= 0.3 is 5.97 Å². The summed E-state index contributed by atoms with van der Waals surface area (Å²) in [6.45, 7) is 6.94. The van der Waals surface area contributed by atoms with E-state index in [9.17, 15) is 4.79 Å². The number of carboxylic acids is 1. The molecule has 0 aliphatic heterocycles. The minimum Gasteiger partial charge on any atom is -0.481 e. The van der Waals surface area contributed by atoms with Gasteiger partial charge < -0.3 is 5.11 Å². The molecule has 0 radical (unpaired) electrons. The topological polar surface area (TPSA) is 37.3 Å². The molecule has 1 N–H and O–H groups in total. The highest BCUT2D eigenvalue weighted by atomic mass is 16.4. The number of carbonyl (C=O) groups is 1. The maximum atomic E-state index is 10.4. The van der Waals surface area contributed by atoms with Crippen LogP contribution in [0.2, 0.25) is 0 Å². The summed E-state index contributed by atoms with van der Waals surface area (Å²) < 4.78 is 0. The lowest BCUT2D eigenvalue weighted by Crippen LogP contribution is -2.10. The van der Waals surface area contributed by atoms with Crippen molar-refractivity contribution in [2.45, 2.75) is 13.8 Å². The van der Waals surface area contributed by atoms with Crippen LogP contribution in [0.4, 0.5) is 0 Å². The fraction of sp³-hybridized carbons (Fsp3) is 0.375. The smallest absolute Gasteiger partial charge is 0.310 e. The second-order valence-corrected chi connectivity index (χ2v) is 2.05. The number of carboxylic acid groups (broad SMARTS) is 1. The summed E-state index contributed by atoms with van der Waals surface area (Å²) >= 11 is 0. The van der Waals surface area contributed by atoms with Crippen molar-refractivity contribution in [1.29, 1.82) is 0 Å². The lowest BCUT2D eigenvalue weighted by Gasteiger charge is -2.04. The first kappa shape index (κ1) is 8.95. The van der Waals surface area contributed by atoms with Crippen LogP contribution < -0.4 is 0 Å². The maximum absolute atomic E-state index is 10.4. The largest absolute Gasteiger partial charge is 0.481 e. The fourth-order valence-electron chi connectivity index (χ4n) is 0.687. The highest BCUT2D eigenvalue weighted by Gasteiger charge is 2.12. The lowest BCUT2D eigenvalue weighted by atomic mass is 10.0. The van der Waals surface area contributed by atoms with E-state index < -0.39 is 11.9 Å². The van der Waals surface area contributed by atoms with Crippen LogP contribution in [0.15, 0.2) is 24.3 Å². The summed E-state index contributed by atoms with van der Waals surface area (Å²) in [5.41, 5.74) is 0.757. The van der Waals surface area contributed by atoms with E-state index in [1.54, 1.807) is 26.0 Å². The minimum atomic E-state index is -0.812. The van der Waals surface area contributed by atoms with E-state index in [1.807, 2.05) is 0 Å². The van der Waals surface area contributed by atoms with Gasteiger partial charge in [-0.1, -0.05) is 18.7 Å². The van der Waals surface area contributed by atoms with E-state index in [4.69, 9.17) is 5.11 Å². The minimum absolute atomic E-state index is 0.442. The van der Waals surface area contributed by atoms with Gasteiger partial charge in [0.15, 0.2) is 0 Å². The molecule has 1 unspecified atom stereocenters. The summed E-state index contributed by atoms with van der Waals surface area (Å²) in [6, 6.07) is 0. The SMILES string of the molecule is C=CC(=CC)C(C)C(=O)O. The molecule has 0 saturated heterocycles. The Morgan fingerprint density at radius 2 is 2.20 bits per heavy atom. The summed E-state index contributed by atoms with van der Waals surface area (Å²) in [6.07, 6.45) is 3.32. The molecular weight excluding hydrogens is 128 g/mol. The second kappa shape index (κ2) is 3.88. The normalized spacial score (nSPS) is 14.4. The molecule has 0 aromatic heterocycles. The molecule has 2 heteroatoms. The van der Waals surface area contributed by atoms with Gasteiger partial charge in [-0.05, 0) is 19.4 Å². The van der Waals surface area contributed by atoms with Crippen molar-refractivity contribution in [3.8, 4) is 0 Å². The first-order valence-corrected chi connectivity index (χ1v) is 3.15. The molecule has 0 heterocycles. The molecule has 0 aliphatic rings. The Labute approximate surface area is 60.9 Å². The first-order valence-electron chi connectivity index (χ1n) is 3.15. The predicted octanol–water partition coefficient (Wildman–Crippen LogP) is 1.84. The van der Waals surface area contributed by atoms with Crippen LogP contribution in [0.5, 0.6) is 0 Å². The van der Waals surface area contributed by atoms with Crippen LogP contribution >= 0.6 is 0 Å². The Balaban J connectivity index is 4.31. The van der Waals surface area contributed by atoms with E-state index in [0.29, 0.717) is 0 Å². The quantitative estimate of drug-likeness (QED) is 0.607. The summed E-state index contributed by atoms with van der Waals surface area (Å²) in [5.74, 6) is -1.25. The maximum Gasteiger partial charge on any atom is 0.310 e. The number of aliphatic carboxylic acids is 1. The Morgan fingerprint density at radius 3 is 2.30 bits per heavy atom. The van der Waals surface area contributed by atoms with Gasteiger partial charge in [-0.25, -0.2) is 0 Å². The van der Waals surface area contributed by atoms with Crippen LogP contribution in [0.3, 0.4) is 0 Å². The van der Waals surface area contributed by atoms with Gasteiger partial charge in [0.1, 0.15) is 0 Å². The molecule has 0 amide bonds. The fourth-order valence-corrected chi connectivity index (χ4v) is 0.687. The molecule has 0 aromatic carbocycles. The molecule has 0 saturated carbocycles. The van der Waals surface area contributed by atoms with E-state index in [2.05, 4.69) is 6.58 Å². The zero-order valence-corrected chi connectivity index (χ0v) is 6.29. The van der Waals surface area contributed by atoms with Gasteiger partial charge in [0, 0.05) is 0 Å². The molecule has 0 aliphatic carbocycles. The molecule has 0 bridgehead atoms. The summed E-state index contributed by atoms with van der Waals surface area (Å²) in [7, 11) is 0. The summed E-state index contributed by atoms with van der Waals surface area (Å²) in [5, 5.41) is 8.53. The molecule has 2 nitrogen and oxygen atoms in total. The Morgan fingerprint density at radius 1 is 1.70 bits per heavy atom. The third-order valence-electron chi connectivity index (χ3n) is 1.44. The number of hydrogen-bond acceptors (Lipinski definition) is 1. The van der Waals surface area contributed by atoms with E-state index in [0.717, 1.165) is 5.57 Å². The third kappa shape index (κ3) is 2.05. The average Bonchev–Trinajstić information content (AvgIpc) is 1.90. The standard InChI is InChI=1S/C8H12O2/c1-4-7(5-2)6(3)8(9)10/h4-6H,1H2,2-3H3,(H,9,10). The predicted molar refractivity (Wildman–Crippen MR) is 40.8 cm³/mol. The zero-order chi connectivity index (χ0) is 8.15. The molecule has 10 heavy (non-hydrogen) atoms. The molecule has 56 valence electrons. The molecular formula is C8H12O2. The van der Waals surface area contributed by atoms with Gasteiger partial charge in [0.05, 0.1) is 5.92 Å². The van der Waals surface area contributed by atoms with Crippen molar-refractivity contribution in [3.63, 3.8) is 0 Å². The van der Waals surface area contributed by atoms with Gasteiger partial charge in [-0.15, -0.1) is 0 Å². The number of allylic oxidation sites excluding steroid dienone is 2. The van der Waals surface area contributed by atoms with Crippen molar-refractivity contribution >= 4 is 5.97 Å². The third-order valence-corrected chi connectivity index (χ3v) is 1.44. The van der Waals surface area contributed by atoms with Crippen LogP contribution in [0, 0.1) is 5.92 Å². The Bertz CT molecular complexity index is 168. The Hall–Kier alpha value is -1.05. The zero-order valence-electron chi connectivity index (χ0n) is 6.29. The molecule has 0 fully saturated rings. The van der Waals surface area contributed by atoms with Crippen molar-refractivity contribution in [2.75, 3.05) is 0 Å². The van der Waals surface area contributed by atoms with Gasteiger partial charge in [0.2, 0.25) is 0 Å². The molecule has 1 atom stereocenters. The number of hydrogen-bond donors (Lipinski definition) is 1. The van der Waals surface area contributed by atoms with Gasteiger partial charge in [-0.3, -0.25) is 4.79 Å². The Kier molecular flexibility index (Phi) is 3.47. The van der Waals surface area contributed by atoms with Crippen LogP contribution in [0.25, 0.3) is 0 Å². The van der Waals surface area contributed by atoms with E-state index >= 15 is 0 Å². The molecule has 0 aromatic rings. The second-order valence-electron chi connectivity index (χ2n) is 2.05.